The number of rotatable bonds is 5. The van der Waals surface area contributed by atoms with Crippen LogP contribution in [0.3, 0.4) is 0 Å². The third kappa shape index (κ3) is 4.02. The van der Waals surface area contributed by atoms with E-state index in [1.54, 1.807) is 6.07 Å². The molecule has 0 aliphatic rings. The minimum absolute atomic E-state index is 0.0746. The van der Waals surface area contributed by atoms with Crippen molar-refractivity contribution in [2.75, 3.05) is 0 Å². The summed E-state index contributed by atoms with van der Waals surface area (Å²) in [5.74, 6) is -4.75. The molecule has 0 fully saturated rings. The van der Waals surface area contributed by atoms with Crippen LogP contribution in [0.25, 0.3) is 0 Å². The Hall–Kier alpha value is -2.49. The first kappa shape index (κ1) is 15.6. The first-order valence-electron chi connectivity index (χ1n) is 5.72. The van der Waals surface area contributed by atoms with Gasteiger partial charge in [-0.1, -0.05) is 6.92 Å². The predicted molar refractivity (Wildman–Crippen MR) is 64.6 cm³/mol. The molecule has 0 aliphatic carbocycles. The summed E-state index contributed by atoms with van der Waals surface area (Å²) >= 11 is 0. The fourth-order valence-electron chi connectivity index (χ4n) is 1.62. The summed E-state index contributed by atoms with van der Waals surface area (Å²) in [7, 11) is 0. The maximum atomic E-state index is 13.0. The molecule has 1 aromatic carbocycles. The van der Waals surface area contributed by atoms with Gasteiger partial charge in [0.15, 0.2) is 0 Å². The number of hydrogen-bond acceptors (Lipinski definition) is 3. The third-order valence-electron chi connectivity index (χ3n) is 2.66. The van der Waals surface area contributed by atoms with E-state index in [-0.39, 0.29) is 12.0 Å². The Morgan fingerprint density at radius 1 is 1.35 bits per heavy atom. The minimum atomic E-state index is -1.32. The van der Waals surface area contributed by atoms with E-state index in [1.165, 1.54) is 6.92 Å². The lowest BCUT2D eigenvalue weighted by Gasteiger charge is -2.19. The van der Waals surface area contributed by atoms with Crippen LogP contribution in [0.15, 0.2) is 18.2 Å². The zero-order chi connectivity index (χ0) is 15.3. The van der Waals surface area contributed by atoms with Gasteiger partial charge >= 0.3 is 5.97 Å². The molecule has 0 saturated heterocycles. The predicted octanol–water partition coefficient (Wildman–Crippen LogP) is 1.70. The average Bonchev–Trinajstić information content (AvgIpc) is 2.34. The SMILES string of the molecule is C[C@H](CC#N)[C@H](NC(=O)c1cc(F)cc(F)c1)C(=O)O. The van der Waals surface area contributed by atoms with E-state index < -0.39 is 35.5 Å². The highest BCUT2D eigenvalue weighted by molar-refractivity contribution is 5.96. The lowest BCUT2D eigenvalue weighted by molar-refractivity contribution is -0.140. The lowest BCUT2D eigenvalue weighted by atomic mass is 9.98. The zero-order valence-corrected chi connectivity index (χ0v) is 10.6. The molecule has 7 heteroatoms. The number of aliphatic carboxylic acids is 1. The number of nitriles is 1. The van der Waals surface area contributed by atoms with Gasteiger partial charge < -0.3 is 10.4 Å². The number of halogens is 2. The molecule has 1 amide bonds. The van der Waals surface area contributed by atoms with Crippen molar-refractivity contribution in [2.45, 2.75) is 19.4 Å². The molecule has 20 heavy (non-hydrogen) atoms. The number of carboxylic acids is 1. The Labute approximate surface area is 113 Å². The van der Waals surface area contributed by atoms with Crippen molar-refractivity contribution in [3.05, 3.63) is 35.4 Å². The molecule has 2 atom stereocenters. The highest BCUT2D eigenvalue weighted by Crippen LogP contribution is 2.11. The molecule has 0 aromatic heterocycles. The maximum Gasteiger partial charge on any atom is 0.326 e. The molecule has 0 aliphatic heterocycles. The summed E-state index contributed by atoms with van der Waals surface area (Å²) in [6.45, 7) is 1.48. The number of hydrogen-bond donors (Lipinski definition) is 2. The number of carboxylic acid groups (broad SMARTS) is 1. The van der Waals surface area contributed by atoms with E-state index in [2.05, 4.69) is 5.32 Å². The number of benzene rings is 1. The Morgan fingerprint density at radius 2 is 1.90 bits per heavy atom. The van der Waals surface area contributed by atoms with E-state index in [1.807, 2.05) is 0 Å². The summed E-state index contributed by atoms with van der Waals surface area (Å²) in [6, 6.07) is 2.68. The smallest absolute Gasteiger partial charge is 0.326 e. The van der Waals surface area contributed by atoms with E-state index in [0.717, 1.165) is 12.1 Å². The fourth-order valence-corrected chi connectivity index (χ4v) is 1.62. The normalized spacial score (nSPS) is 13.1. The molecule has 0 saturated carbocycles. The Balaban J connectivity index is 2.91. The van der Waals surface area contributed by atoms with Crippen LogP contribution in [-0.4, -0.2) is 23.0 Å². The van der Waals surface area contributed by atoms with Gasteiger partial charge in [-0.05, 0) is 12.1 Å². The standard InChI is InChI=1S/C13H12F2N2O3/c1-7(2-3-16)11(13(19)20)17-12(18)8-4-9(14)6-10(15)5-8/h4-7,11H,2H2,1H3,(H,17,18)(H,19,20)/t7-,11+/m1/s1. The van der Waals surface area contributed by atoms with Gasteiger partial charge in [0.1, 0.15) is 17.7 Å². The van der Waals surface area contributed by atoms with Crippen LogP contribution in [0, 0.1) is 28.9 Å². The number of nitrogens with zero attached hydrogens (tertiary/aromatic N) is 1. The van der Waals surface area contributed by atoms with Crippen LogP contribution in [-0.2, 0) is 4.79 Å². The van der Waals surface area contributed by atoms with Gasteiger partial charge in [0, 0.05) is 24.0 Å². The third-order valence-corrected chi connectivity index (χ3v) is 2.66. The summed E-state index contributed by atoms with van der Waals surface area (Å²) in [5.41, 5.74) is -0.321. The highest BCUT2D eigenvalue weighted by Gasteiger charge is 2.27. The second kappa shape index (κ2) is 6.61. The molecule has 0 heterocycles. The molecular weight excluding hydrogens is 270 g/mol. The number of carbonyl (C=O) groups excluding carboxylic acids is 1. The van der Waals surface area contributed by atoms with Crippen LogP contribution < -0.4 is 5.32 Å². The molecule has 106 valence electrons. The quantitative estimate of drug-likeness (QED) is 0.860. The second-order valence-corrected chi connectivity index (χ2v) is 4.29. The maximum absolute atomic E-state index is 13.0. The lowest BCUT2D eigenvalue weighted by Crippen LogP contribution is -2.45. The molecule has 5 nitrogen and oxygen atoms in total. The topological polar surface area (TPSA) is 90.2 Å². The van der Waals surface area contributed by atoms with Gasteiger partial charge in [0.05, 0.1) is 6.07 Å². The Kier molecular flexibility index (Phi) is 5.15. The second-order valence-electron chi connectivity index (χ2n) is 4.29. The van der Waals surface area contributed by atoms with Crippen molar-refractivity contribution in [3.8, 4) is 6.07 Å². The van der Waals surface area contributed by atoms with Crippen molar-refractivity contribution in [1.29, 1.82) is 5.26 Å². The van der Waals surface area contributed by atoms with Crippen LogP contribution in [0.5, 0.6) is 0 Å². The van der Waals surface area contributed by atoms with Crippen molar-refractivity contribution < 1.29 is 23.5 Å². The van der Waals surface area contributed by atoms with E-state index in [9.17, 15) is 18.4 Å². The molecule has 0 bridgehead atoms. The van der Waals surface area contributed by atoms with Crippen LogP contribution in [0.4, 0.5) is 8.78 Å². The van der Waals surface area contributed by atoms with Crippen molar-refractivity contribution in [1.82, 2.24) is 5.32 Å². The van der Waals surface area contributed by atoms with Crippen molar-refractivity contribution >= 4 is 11.9 Å². The minimum Gasteiger partial charge on any atom is -0.480 e. The molecule has 1 aromatic rings. The van der Waals surface area contributed by atoms with Gasteiger partial charge in [-0.25, -0.2) is 13.6 Å². The molecule has 0 spiro atoms. The average molecular weight is 282 g/mol. The van der Waals surface area contributed by atoms with Gasteiger partial charge in [-0.2, -0.15) is 5.26 Å². The van der Waals surface area contributed by atoms with Gasteiger partial charge in [-0.3, -0.25) is 4.79 Å². The van der Waals surface area contributed by atoms with Crippen LogP contribution in [0.1, 0.15) is 23.7 Å². The molecule has 2 N–H and O–H groups in total. The first-order chi connectivity index (χ1) is 9.35. The summed E-state index contributed by atoms with van der Waals surface area (Å²) in [4.78, 5) is 22.8. The van der Waals surface area contributed by atoms with E-state index >= 15 is 0 Å². The highest BCUT2D eigenvalue weighted by atomic mass is 19.1. The van der Waals surface area contributed by atoms with E-state index in [4.69, 9.17) is 10.4 Å². The number of amides is 1. The monoisotopic (exact) mass is 282 g/mol. The molecule has 0 unspecified atom stereocenters. The fraction of sp³-hybridized carbons (Fsp3) is 0.308. The van der Waals surface area contributed by atoms with Crippen molar-refractivity contribution in [2.24, 2.45) is 5.92 Å². The Morgan fingerprint density at radius 3 is 2.35 bits per heavy atom. The zero-order valence-electron chi connectivity index (χ0n) is 10.6. The first-order valence-corrected chi connectivity index (χ1v) is 5.72. The molecule has 1 rings (SSSR count). The summed E-state index contributed by atoms with van der Waals surface area (Å²) in [6.07, 6.45) is -0.0746. The molecular formula is C13H12F2N2O3. The van der Waals surface area contributed by atoms with E-state index in [0.29, 0.717) is 6.07 Å². The van der Waals surface area contributed by atoms with Crippen molar-refractivity contribution in [3.63, 3.8) is 0 Å². The number of carbonyl (C=O) groups is 2. The summed E-state index contributed by atoms with van der Waals surface area (Å²) in [5, 5.41) is 19.7. The molecule has 0 radical (unpaired) electrons. The number of nitrogens with one attached hydrogen (secondary N) is 1. The summed E-state index contributed by atoms with van der Waals surface area (Å²) < 4.78 is 26.0. The van der Waals surface area contributed by atoms with Crippen LogP contribution in [0.2, 0.25) is 0 Å². The van der Waals surface area contributed by atoms with Gasteiger partial charge in [0.2, 0.25) is 0 Å². The largest absolute Gasteiger partial charge is 0.480 e. The van der Waals surface area contributed by atoms with Gasteiger partial charge in [-0.15, -0.1) is 0 Å². The Bertz CT molecular complexity index is 549. The van der Waals surface area contributed by atoms with Gasteiger partial charge in [0.25, 0.3) is 5.91 Å². The van der Waals surface area contributed by atoms with Crippen LogP contribution >= 0.6 is 0 Å².